The van der Waals surface area contributed by atoms with Crippen LogP contribution in [0.3, 0.4) is 0 Å². The van der Waals surface area contributed by atoms with Crippen LogP contribution >= 0.6 is 0 Å². The second kappa shape index (κ2) is 10.2. The van der Waals surface area contributed by atoms with Crippen LogP contribution in [0, 0.1) is 11.6 Å². The Morgan fingerprint density at radius 2 is 1.81 bits per heavy atom. The van der Waals surface area contributed by atoms with Crippen LogP contribution in [0.5, 0.6) is 5.75 Å². The largest absolute Gasteiger partial charge is 0.494 e. The van der Waals surface area contributed by atoms with Crippen molar-refractivity contribution in [3.05, 3.63) is 35.5 Å². The van der Waals surface area contributed by atoms with Crippen molar-refractivity contribution in [3.8, 4) is 5.75 Å². The number of halogens is 2. The number of aromatic nitrogens is 2. The Morgan fingerprint density at radius 1 is 1.08 bits per heavy atom. The Bertz CT molecular complexity index is 1120. The van der Waals surface area contributed by atoms with E-state index >= 15 is 4.39 Å². The number of urea groups is 1. The summed E-state index contributed by atoms with van der Waals surface area (Å²) in [6.07, 6.45) is 9.57. The van der Waals surface area contributed by atoms with Gasteiger partial charge in [-0.15, -0.1) is 0 Å². The SMILES string of the molecule is COc1ccc(F)c(N2Cc3cnc(NC4CCC(N(C)C)CC4)nc3N(C3CCCC3)C2=O)c1F. The molecule has 1 aliphatic heterocycles. The molecule has 3 aliphatic rings. The van der Waals surface area contributed by atoms with Gasteiger partial charge >= 0.3 is 6.03 Å². The van der Waals surface area contributed by atoms with Crippen molar-refractivity contribution in [2.24, 2.45) is 0 Å². The van der Waals surface area contributed by atoms with Crippen molar-refractivity contribution in [1.29, 1.82) is 0 Å². The van der Waals surface area contributed by atoms with E-state index in [-0.39, 0.29) is 24.4 Å². The standard InChI is InChI=1S/C26H34F2N6O2/c1-32(2)18-10-8-17(9-11-18)30-25-29-14-16-15-33(23-20(27)12-13-21(36-3)22(23)28)26(35)34(24(16)31-25)19-6-4-5-7-19/h12-14,17-19H,4-11,15H2,1-3H3,(H,29,30,31). The lowest BCUT2D eigenvalue weighted by Crippen LogP contribution is -2.52. The highest BCUT2D eigenvalue weighted by Gasteiger charge is 2.40. The average molecular weight is 501 g/mol. The van der Waals surface area contributed by atoms with E-state index < -0.39 is 23.4 Å². The number of anilines is 3. The van der Waals surface area contributed by atoms with Crippen LogP contribution in [0.15, 0.2) is 18.3 Å². The van der Waals surface area contributed by atoms with Crippen molar-refractivity contribution < 1.29 is 18.3 Å². The predicted octanol–water partition coefficient (Wildman–Crippen LogP) is 4.94. The van der Waals surface area contributed by atoms with Gasteiger partial charge in [-0.05, 0) is 64.8 Å². The molecule has 8 nitrogen and oxygen atoms in total. The van der Waals surface area contributed by atoms with Crippen molar-refractivity contribution in [2.45, 2.75) is 76.0 Å². The Hall–Kier alpha value is -3.01. The van der Waals surface area contributed by atoms with Crippen LogP contribution in [0.25, 0.3) is 0 Å². The highest BCUT2D eigenvalue weighted by molar-refractivity contribution is 6.06. The van der Waals surface area contributed by atoms with E-state index in [0.717, 1.165) is 62.3 Å². The molecule has 0 spiro atoms. The first-order chi connectivity index (χ1) is 17.4. The highest BCUT2D eigenvalue weighted by atomic mass is 19.1. The van der Waals surface area contributed by atoms with Gasteiger partial charge in [-0.1, -0.05) is 12.8 Å². The molecule has 0 atom stereocenters. The Morgan fingerprint density at radius 3 is 2.47 bits per heavy atom. The molecular formula is C26H34F2N6O2. The summed E-state index contributed by atoms with van der Waals surface area (Å²) in [5.74, 6) is -0.800. The van der Waals surface area contributed by atoms with Crippen molar-refractivity contribution in [1.82, 2.24) is 14.9 Å². The maximum Gasteiger partial charge on any atom is 0.330 e. The molecule has 36 heavy (non-hydrogen) atoms. The smallest absolute Gasteiger partial charge is 0.330 e. The molecule has 0 bridgehead atoms. The summed E-state index contributed by atoms with van der Waals surface area (Å²) in [4.78, 5) is 28.1. The van der Waals surface area contributed by atoms with Gasteiger partial charge in [-0.2, -0.15) is 4.98 Å². The van der Waals surface area contributed by atoms with E-state index in [0.29, 0.717) is 23.4 Å². The number of methoxy groups -OCH3 is 1. The van der Waals surface area contributed by atoms with Crippen LogP contribution in [0.1, 0.15) is 56.9 Å². The Labute approximate surface area is 210 Å². The molecule has 1 N–H and O–H groups in total. The number of nitrogens with zero attached hydrogens (tertiary/aromatic N) is 5. The van der Waals surface area contributed by atoms with Crippen LogP contribution in [0.2, 0.25) is 0 Å². The molecule has 2 fully saturated rings. The molecule has 2 heterocycles. The highest BCUT2D eigenvalue weighted by Crippen LogP contribution is 2.39. The van der Waals surface area contributed by atoms with E-state index in [1.54, 1.807) is 11.1 Å². The maximum atomic E-state index is 15.2. The van der Waals surface area contributed by atoms with Gasteiger partial charge in [0.25, 0.3) is 0 Å². The number of carbonyl (C=O) groups excluding carboxylic acids is 1. The second-order valence-electron chi connectivity index (χ2n) is 10.2. The summed E-state index contributed by atoms with van der Waals surface area (Å²) >= 11 is 0. The first-order valence-electron chi connectivity index (χ1n) is 12.8. The van der Waals surface area contributed by atoms with Crippen LogP contribution in [-0.4, -0.2) is 60.2 Å². The van der Waals surface area contributed by atoms with Gasteiger partial charge in [-0.3, -0.25) is 9.80 Å². The molecule has 194 valence electrons. The normalized spacial score (nSPS) is 22.8. The minimum absolute atomic E-state index is 0.0212. The zero-order chi connectivity index (χ0) is 25.4. The van der Waals surface area contributed by atoms with E-state index in [1.165, 1.54) is 13.2 Å². The number of benzene rings is 1. The molecule has 0 unspecified atom stereocenters. The second-order valence-corrected chi connectivity index (χ2v) is 10.2. The Balaban J connectivity index is 1.45. The minimum Gasteiger partial charge on any atom is -0.494 e. The van der Waals surface area contributed by atoms with Crippen molar-refractivity contribution in [3.63, 3.8) is 0 Å². The molecule has 2 amide bonds. The fraction of sp³-hybridized carbons (Fsp3) is 0.577. The lowest BCUT2D eigenvalue weighted by atomic mass is 9.91. The molecule has 2 aromatic rings. The maximum absolute atomic E-state index is 15.2. The number of fused-ring (bicyclic) bond motifs is 1. The number of amides is 2. The lowest BCUT2D eigenvalue weighted by molar-refractivity contribution is 0.221. The van der Waals surface area contributed by atoms with E-state index in [4.69, 9.17) is 9.72 Å². The molecule has 2 aliphatic carbocycles. The van der Waals surface area contributed by atoms with Gasteiger partial charge in [0.2, 0.25) is 5.95 Å². The quantitative estimate of drug-likeness (QED) is 0.606. The monoisotopic (exact) mass is 500 g/mol. The zero-order valence-corrected chi connectivity index (χ0v) is 21.1. The summed E-state index contributed by atoms with van der Waals surface area (Å²) in [6.45, 7) is -0.0212. The van der Waals surface area contributed by atoms with Gasteiger partial charge in [-0.25, -0.2) is 18.6 Å². The first kappa shape index (κ1) is 24.7. The summed E-state index contributed by atoms with van der Waals surface area (Å²) in [5.41, 5.74) is 0.248. The molecular weight excluding hydrogens is 466 g/mol. The minimum atomic E-state index is -0.895. The molecule has 10 heteroatoms. The van der Waals surface area contributed by atoms with Crippen molar-refractivity contribution >= 4 is 23.5 Å². The van der Waals surface area contributed by atoms with Crippen LogP contribution in [0.4, 0.5) is 31.0 Å². The fourth-order valence-corrected chi connectivity index (χ4v) is 5.76. The lowest BCUT2D eigenvalue weighted by Gasteiger charge is -2.39. The summed E-state index contributed by atoms with van der Waals surface area (Å²) in [6, 6.07) is 2.65. The third-order valence-corrected chi connectivity index (χ3v) is 7.81. The molecule has 5 rings (SSSR count). The third kappa shape index (κ3) is 4.58. The van der Waals surface area contributed by atoms with E-state index in [2.05, 4.69) is 29.3 Å². The summed E-state index contributed by atoms with van der Waals surface area (Å²) < 4.78 is 35.0. The van der Waals surface area contributed by atoms with Gasteiger partial charge in [0.05, 0.1) is 13.7 Å². The number of ether oxygens (including phenoxy) is 1. The predicted molar refractivity (Wildman–Crippen MR) is 135 cm³/mol. The fourth-order valence-electron chi connectivity index (χ4n) is 5.76. The van der Waals surface area contributed by atoms with Gasteiger partial charge < -0.3 is 15.0 Å². The molecule has 2 saturated carbocycles. The van der Waals surface area contributed by atoms with E-state index in [1.807, 2.05) is 0 Å². The molecule has 1 aromatic heterocycles. The van der Waals surface area contributed by atoms with Crippen molar-refractivity contribution in [2.75, 3.05) is 36.3 Å². The van der Waals surface area contributed by atoms with Crippen LogP contribution in [-0.2, 0) is 6.54 Å². The molecule has 0 saturated heterocycles. The number of carbonyl (C=O) groups is 1. The number of hydrogen-bond donors (Lipinski definition) is 1. The molecule has 0 radical (unpaired) electrons. The van der Waals surface area contributed by atoms with Gasteiger partial charge in [0.1, 0.15) is 17.3 Å². The Kier molecular flexibility index (Phi) is 6.96. The number of nitrogens with one attached hydrogen (secondary N) is 1. The van der Waals surface area contributed by atoms with E-state index in [9.17, 15) is 9.18 Å². The summed E-state index contributed by atoms with van der Waals surface area (Å²) in [7, 11) is 5.55. The molecule has 1 aromatic carbocycles. The number of hydrogen-bond acceptors (Lipinski definition) is 6. The topological polar surface area (TPSA) is 73.8 Å². The zero-order valence-electron chi connectivity index (χ0n) is 21.1. The van der Waals surface area contributed by atoms with Gasteiger partial charge in [0.15, 0.2) is 11.6 Å². The first-order valence-corrected chi connectivity index (χ1v) is 12.8. The van der Waals surface area contributed by atoms with Crippen LogP contribution < -0.4 is 19.9 Å². The third-order valence-electron chi connectivity index (χ3n) is 7.81. The average Bonchev–Trinajstić information content (AvgIpc) is 3.39. The van der Waals surface area contributed by atoms with Gasteiger partial charge in [0, 0.05) is 29.9 Å². The number of rotatable bonds is 6. The summed E-state index contributed by atoms with van der Waals surface area (Å²) in [5, 5.41) is 3.46.